The van der Waals surface area contributed by atoms with Crippen LogP contribution in [-0.2, 0) is 6.42 Å². The van der Waals surface area contributed by atoms with Gasteiger partial charge >= 0.3 is 0 Å². The van der Waals surface area contributed by atoms with E-state index in [1.807, 2.05) is 18.2 Å². The Labute approximate surface area is 129 Å². The van der Waals surface area contributed by atoms with Crippen LogP contribution in [0.25, 0.3) is 0 Å². The first kappa shape index (κ1) is 14.1. The van der Waals surface area contributed by atoms with Crippen LogP contribution in [0, 0.1) is 5.41 Å². The highest BCUT2D eigenvalue weighted by atomic mass is 79.9. The number of aryl methyl sites for hydroxylation is 1. The van der Waals surface area contributed by atoms with Crippen molar-refractivity contribution in [2.24, 2.45) is 5.41 Å². The largest absolute Gasteiger partial charge is 0.338 e. The molecule has 0 atom stereocenters. The van der Waals surface area contributed by atoms with E-state index >= 15 is 0 Å². The Morgan fingerprint density at radius 2 is 1.90 bits per heavy atom. The summed E-state index contributed by atoms with van der Waals surface area (Å²) in [7, 11) is 0. The van der Waals surface area contributed by atoms with E-state index < -0.39 is 0 Å². The minimum atomic E-state index is 0.241. The third kappa shape index (κ3) is 2.65. The molecule has 1 saturated carbocycles. The van der Waals surface area contributed by atoms with Gasteiger partial charge in [-0.3, -0.25) is 4.79 Å². The number of hydrogen-bond donors (Lipinski definition) is 0. The number of hydrogen-bond acceptors (Lipinski definition) is 1. The first-order chi connectivity index (χ1) is 9.74. The molecule has 0 unspecified atom stereocenters. The lowest BCUT2D eigenvalue weighted by molar-refractivity contribution is 0.0685. The standard InChI is InChI=1S/C17H22BrNO/c18-12-17(9-3-4-10-17)13-19-11-5-7-14-6-1-2-8-15(14)16(19)20/h1-2,6,8H,3-5,7,9-13H2. The van der Waals surface area contributed by atoms with Crippen LogP contribution in [0.2, 0.25) is 0 Å². The maximum absolute atomic E-state index is 12.8. The normalized spacial score (nSPS) is 21.6. The highest BCUT2D eigenvalue weighted by Crippen LogP contribution is 2.40. The zero-order chi connectivity index (χ0) is 14.0. The van der Waals surface area contributed by atoms with Crippen LogP contribution < -0.4 is 0 Å². The van der Waals surface area contributed by atoms with Crippen LogP contribution in [0.15, 0.2) is 24.3 Å². The quantitative estimate of drug-likeness (QED) is 0.763. The van der Waals surface area contributed by atoms with E-state index in [0.717, 1.165) is 36.8 Å². The van der Waals surface area contributed by atoms with Gasteiger partial charge in [0.1, 0.15) is 0 Å². The maximum Gasteiger partial charge on any atom is 0.254 e. The summed E-state index contributed by atoms with van der Waals surface area (Å²) in [5.41, 5.74) is 2.46. The molecule has 0 saturated heterocycles. The Bertz CT molecular complexity index is 494. The van der Waals surface area contributed by atoms with E-state index in [-0.39, 0.29) is 5.91 Å². The molecular weight excluding hydrogens is 314 g/mol. The van der Waals surface area contributed by atoms with Gasteiger partial charge in [0, 0.05) is 24.0 Å². The van der Waals surface area contributed by atoms with Crippen molar-refractivity contribution in [3.05, 3.63) is 35.4 Å². The highest BCUT2D eigenvalue weighted by molar-refractivity contribution is 9.09. The van der Waals surface area contributed by atoms with Crippen LogP contribution >= 0.6 is 15.9 Å². The van der Waals surface area contributed by atoms with Gasteiger partial charge in [0.2, 0.25) is 0 Å². The molecule has 1 aliphatic carbocycles. The summed E-state index contributed by atoms with van der Waals surface area (Å²) in [6.07, 6.45) is 7.24. The van der Waals surface area contributed by atoms with Crippen molar-refractivity contribution in [2.75, 3.05) is 18.4 Å². The van der Waals surface area contributed by atoms with Crippen LogP contribution in [0.1, 0.15) is 48.0 Å². The molecule has 3 heteroatoms. The van der Waals surface area contributed by atoms with E-state index in [0.29, 0.717) is 5.41 Å². The van der Waals surface area contributed by atoms with E-state index in [1.54, 1.807) is 0 Å². The van der Waals surface area contributed by atoms with Crippen LogP contribution in [-0.4, -0.2) is 29.2 Å². The molecule has 2 aliphatic rings. The third-order valence-corrected chi connectivity index (χ3v) is 6.07. The molecular formula is C17H22BrNO. The van der Waals surface area contributed by atoms with Gasteiger partial charge < -0.3 is 4.90 Å². The average molecular weight is 336 g/mol. The summed E-state index contributed by atoms with van der Waals surface area (Å²) < 4.78 is 0. The Morgan fingerprint density at radius 3 is 2.65 bits per heavy atom. The first-order valence-corrected chi connectivity index (χ1v) is 8.79. The fourth-order valence-corrected chi connectivity index (χ4v) is 4.43. The predicted molar refractivity (Wildman–Crippen MR) is 85.4 cm³/mol. The lowest BCUT2D eigenvalue weighted by Crippen LogP contribution is -2.41. The lowest BCUT2D eigenvalue weighted by atomic mass is 9.88. The predicted octanol–water partition coefficient (Wildman–Crippen LogP) is 4.03. The number of nitrogens with zero attached hydrogens (tertiary/aromatic N) is 1. The Morgan fingerprint density at radius 1 is 1.15 bits per heavy atom. The molecule has 0 bridgehead atoms. The molecule has 3 rings (SSSR count). The van der Waals surface area contributed by atoms with Crippen molar-refractivity contribution in [2.45, 2.75) is 38.5 Å². The first-order valence-electron chi connectivity index (χ1n) is 7.67. The van der Waals surface area contributed by atoms with Crippen LogP contribution in [0.3, 0.4) is 0 Å². The summed E-state index contributed by atoms with van der Waals surface area (Å²) >= 11 is 3.69. The minimum Gasteiger partial charge on any atom is -0.338 e. The zero-order valence-corrected chi connectivity index (χ0v) is 13.5. The highest BCUT2D eigenvalue weighted by Gasteiger charge is 2.36. The molecule has 1 aliphatic heterocycles. The van der Waals surface area contributed by atoms with E-state index in [1.165, 1.54) is 31.2 Å². The van der Waals surface area contributed by atoms with E-state index in [2.05, 4.69) is 26.9 Å². The van der Waals surface area contributed by atoms with Gasteiger partial charge in [0.25, 0.3) is 5.91 Å². The van der Waals surface area contributed by atoms with Crippen LogP contribution in [0.5, 0.6) is 0 Å². The van der Waals surface area contributed by atoms with Gasteiger partial charge in [-0.15, -0.1) is 0 Å². The second kappa shape index (κ2) is 5.88. The summed E-state index contributed by atoms with van der Waals surface area (Å²) in [5.74, 6) is 0.241. The molecule has 1 fully saturated rings. The smallest absolute Gasteiger partial charge is 0.254 e. The molecule has 0 aromatic heterocycles. The van der Waals surface area contributed by atoms with Crippen molar-refractivity contribution in [1.82, 2.24) is 4.90 Å². The molecule has 0 radical (unpaired) electrons. The van der Waals surface area contributed by atoms with Gasteiger partial charge in [-0.2, -0.15) is 0 Å². The number of benzene rings is 1. The van der Waals surface area contributed by atoms with Gasteiger partial charge in [-0.05, 0) is 42.7 Å². The van der Waals surface area contributed by atoms with E-state index in [9.17, 15) is 4.79 Å². The molecule has 108 valence electrons. The van der Waals surface area contributed by atoms with Crippen molar-refractivity contribution >= 4 is 21.8 Å². The third-order valence-electron chi connectivity index (χ3n) is 4.88. The molecule has 20 heavy (non-hydrogen) atoms. The maximum atomic E-state index is 12.8. The van der Waals surface area contributed by atoms with Crippen molar-refractivity contribution in [3.63, 3.8) is 0 Å². The zero-order valence-electron chi connectivity index (χ0n) is 11.9. The molecule has 1 aromatic rings. The van der Waals surface area contributed by atoms with Crippen molar-refractivity contribution in [3.8, 4) is 0 Å². The Hall–Kier alpha value is -0.830. The molecule has 1 heterocycles. The second-order valence-corrected chi connectivity index (χ2v) is 6.89. The average Bonchev–Trinajstić information content (AvgIpc) is 2.89. The van der Waals surface area contributed by atoms with Gasteiger partial charge in [-0.25, -0.2) is 0 Å². The topological polar surface area (TPSA) is 20.3 Å². The number of carbonyl (C=O) groups excluding carboxylic acids is 1. The molecule has 0 N–H and O–H groups in total. The number of halogens is 1. The SMILES string of the molecule is O=C1c2ccccc2CCCN1CC1(CBr)CCCC1. The molecule has 1 amide bonds. The van der Waals surface area contributed by atoms with Gasteiger partial charge in [0.15, 0.2) is 0 Å². The second-order valence-electron chi connectivity index (χ2n) is 6.33. The fraction of sp³-hybridized carbons (Fsp3) is 0.588. The van der Waals surface area contributed by atoms with Gasteiger partial charge in [-0.1, -0.05) is 47.0 Å². The fourth-order valence-electron chi connectivity index (χ4n) is 3.69. The number of fused-ring (bicyclic) bond motifs is 1. The summed E-state index contributed by atoms with van der Waals surface area (Å²) in [4.78, 5) is 14.9. The number of alkyl halides is 1. The minimum absolute atomic E-state index is 0.241. The van der Waals surface area contributed by atoms with Crippen molar-refractivity contribution < 1.29 is 4.79 Å². The number of rotatable bonds is 3. The number of carbonyl (C=O) groups is 1. The molecule has 1 aromatic carbocycles. The van der Waals surface area contributed by atoms with E-state index in [4.69, 9.17) is 0 Å². The van der Waals surface area contributed by atoms with Crippen molar-refractivity contribution in [1.29, 1.82) is 0 Å². The number of amides is 1. The monoisotopic (exact) mass is 335 g/mol. The summed E-state index contributed by atoms with van der Waals surface area (Å²) in [6.45, 7) is 1.83. The Kier molecular flexibility index (Phi) is 4.16. The summed E-state index contributed by atoms with van der Waals surface area (Å²) in [5, 5.41) is 1.02. The summed E-state index contributed by atoms with van der Waals surface area (Å²) in [6, 6.07) is 8.12. The molecule has 2 nitrogen and oxygen atoms in total. The van der Waals surface area contributed by atoms with Crippen LogP contribution in [0.4, 0.5) is 0 Å². The Balaban J connectivity index is 1.82. The van der Waals surface area contributed by atoms with Gasteiger partial charge in [0.05, 0.1) is 0 Å². The lowest BCUT2D eigenvalue weighted by Gasteiger charge is -2.33. The molecule has 0 spiro atoms.